The van der Waals surface area contributed by atoms with Crippen molar-refractivity contribution in [2.24, 2.45) is 0 Å². The number of halogens is 3. The van der Waals surface area contributed by atoms with Gasteiger partial charge in [0.2, 0.25) is 10.0 Å². The molecule has 9 heteroatoms. The van der Waals surface area contributed by atoms with Crippen molar-refractivity contribution in [3.63, 3.8) is 0 Å². The molecule has 0 aromatic heterocycles. The summed E-state index contributed by atoms with van der Waals surface area (Å²) >= 11 is 0. The number of hydrogen-bond acceptors (Lipinski definition) is 3. The van der Waals surface area contributed by atoms with E-state index in [0.29, 0.717) is 11.3 Å². The van der Waals surface area contributed by atoms with Crippen LogP contribution in [-0.4, -0.2) is 20.6 Å². The van der Waals surface area contributed by atoms with E-state index < -0.39 is 27.7 Å². The van der Waals surface area contributed by atoms with E-state index in [9.17, 15) is 26.4 Å². The quantitative estimate of drug-likeness (QED) is 0.860. The van der Waals surface area contributed by atoms with E-state index in [1.54, 1.807) is 6.92 Å². The van der Waals surface area contributed by atoms with Gasteiger partial charge in [-0.2, -0.15) is 13.2 Å². The minimum atomic E-state index is -4.50. The molecule has 0 heterocycles. The molecular weight excluding hydrogens is 357 g/mol. The maximum Gasteiger partial charge on any atom is 0.416 e. The highest BCUT2D eigenvalue weighted by Gasteiger charge is 2.30. The minimum Gasteiger partial charge on any atom is -0.322 e. The van der Waals surface area contributed by atoms with Gasteiger partial charge in [0.05, 0.1) is 17.5 Å². The van der Waals surface area contributed by atoms with Gasteiger partial charge in [-0.05, 0) is 48.9 Å². The summed E-state index contributed by atoms with van der Waals surface area (Å²) < 4.78 is 62.9. The van der Waals surface area contributed by atoms with Gasteiger partial charge < -0.3 is 5.32 Å². The molecule has 0 saturated carbocycles. The molecule has 0 spiro atoms. The number of anilines is 2. The van der Waals surface area contributed by atoms with Crippen LogP contribution in [0.25, 0.3) is 0 Å². The molecule has 0 aliphatic carbocycles. The average Bonchev–Trinajstić information content (AvgIpc) is 2.47. The maximum absolute atomic E-state index is 12.7. The first-order chi connectivity index (χ1) is 11.5. The van der Waals surface area contributed by atoms with Crippen LogP contribution in [0.4, 0.5) is 24.5 Å². The highest BCUT2D eigenvalue weighted by molar-refractivity contribution is 7.92. The summed E-state index contributed by atoms with van der Waals surface area (Å²) in [6.45, 7) is 1.61. The second-order valence-corrected chi connectivity index (χ2v) is 7.19. The number of hydrogen-bond donors (Lipinski definition) is 2. The Morgan fingerprint density at radius 1 is 1.08 bits per heavy atom. The van der Waals surface area contributed by atoms with Crippen LogP contribution in [-0.2, 0) is 16.2 Å². The molecule has 2 aromatic carbocycles. The van der Waals surface area contributed by atoms with Crippen LogP contribution in [0.1, 0.15) is 21.5 Å². The normalized spacial score (nSPS) is 11.9. The van der Waals surface area contributed by atoms with Gasteiger partial charge in [-0.25, -0.2) is 8.42 Å². The largest absolute Gasteiger partial charge is 0.416 e. The highest BCUT2D eigenvalue weighted by Crippen LogP contribution is 2.30. The molecule has 5 nitrogen and oxygen atoms in total. The van der Waals surface area contributed by atoms with Crippen molar-refractivity contribution < 1.29 is 26.4 Å². The molecule has 1 amide bonds. The number of benzene rings is 2. The van der Waals surface area contributed by atoms with Crippen LogP contribution in [0.5, 0.6) is 0 Å². The van der Waals surface area contributed by atoms with Gasteiger partial charge in [0.15, 0.2) is 0 Å². The van der Waals surface area contributed by atoms with Gasteiger partial charge in [-0.3, -0.25) is 9.52 Å². The second-order valence-electron chi connectivity index (χ2n) is 5.44. The molecular formula is C16H15F3N2O3S. The fourth-order valence-corrected chi connectivity index (χ4v) is 2.72. The predicted octanol–water partition coefficient (Wildman–Crippen LogP) is 3.64. The van der Waals surface area contributed by atoms with Crippen molar-refractivity contribution in [2.75, 3.05) is 16.3 Å². The van der Waals surface area contributed by atoms with Gasteiger partial charge in [-0.1, -0.05) is 6.07 Å². The average molecular weight is 372 g/mol. The first-order valence-electron chi connectivity index (χ1n) is 7.03. The summed E-state index contributed by atoms with van der Waals surface area (Å²) in [5.74, 6) is -0.603. The van der Waals surface area contributed by atoms with Crippen LogP contribution >= 0.6 is 0 Å². The Labute approximate surface area is 142 Å². The molecule has 0 aliphatic rings. The van der Waals surface area contributed by atoms with Gasteiger partial charge in [0.1, 0.15) is 0 Å². The van der Waals surface area contributed by atoms with Crippen LogP contribution in [0, 0.1) is 6.92 Å². The lowest BCUT2D eigenvalue weighted by molar-refractivity contribution is -0.137. The zero-order valence-corrected chi connectivity index (χ0v) is 14.1. The Morgan fingerprint density at radius 2 is 1.76 bits per heavy atom. The molecule has 2 aromatic rings. The van der Waals surface area contributed by atoms with E-state index in [1.807, 2.05) is 0 Å². The molecule has 0 aliphatic heterocycles. The summed E-state index contributed by atoms with van der Waals surface area (Å²) in [5, 5.41) is 2.39. The predicted molar refractivity (Wildman–Crippen MR) is 89.0 cm³/mol. The molecule has 0 atom stereocenters. The smallest absolute Gasteiger partial charge is 0.322 e. The van der Waals surface area contributed by atoms with Crippen molar-refractivity contribution in [1.82, 2.24) is 0 Å². The second kappa shape index (κ2) is 6.75. The SMILES string of the molecule is Cc1cc(C(=O)Nc2cccc(C(F)(F)F)c2)ccc1NS(C)(=O)=O. The molecule has 0 fully saturated rings. The minimum absolute atomic E-state index is 0.0100. The molecule has 2 rings (SSSR count). The van der Waals surface area contributed by atoms with Crippen LogP contribution in [0.2, 0.25) is 0 Å². The highest BCUT2D eigenvalue weighted by atomic mass is 32.2. The fourth-order valence-electron chi connectivity index (χ4n) is 2.10. The van der Waals surface area contributed by atoms with Gasteiger partial charge >= 0.3 is 6.18 Å². The number of amides is 1. The van der Waals surface area contributed by atoms with E-state index >= 15 is 0 Å². The third-order valence-corrected chi connectivity index (χ3v) is 3.82. The van der Waals surface area contributed by atoms with Gasteiger partial charge in [0.25, 0.3) is 5.91 Å². The Morgan fingerprint density at radius 3 is 2.32 bits per heavy atom. The number of aryl methyl sites for hydroxylation is 1. The number of alkyl halides is 3. The standard InChI is InChI=1S/C16H15F3N2O3S/c1-10-8-11(6-7-14(10)21-25(2,23)24)15(22)20-13-5-3-4-12(9-13)16(17,18)19/h3-9,21H,1-2H3,(H,20,22). The van der Waals surface area contributed by atoms with Crippen LogP contribution in [0.3, 0.4) is 0 Å². The van der Waals surface area contributed by atoms with Crippen molar-refractivity contribution in [1.29, 1.82) is 0 Å². The monoisotopic (exact) mass is 372 g/mol. The summed E-state index contributed by atoms with van der Waals surface area (Å²) in [6, 6.07) is 8.52. The third kappa shape index (κ3) is 5.21. The topological polar surface area (TPSA) is 75.3 Å². The molecule has 0 saturated heterocycles. The number of nitrogens with one attached hydrogen (secondary N) is 2. The van der Waals surface area contributed by atoms with Crippen molar-refractivity contribution in [3.8, 4) is 0 Å². The molecule has 25 heavy (non-hydrogen) atoms. The van der Waals surface area contributed by atoms with Crippen molar-refractivity contribution >= 4 is 27.3 Å². The summed E-state index contributed by atoms with van der Waals surface area (Å²) in [6.07, 6.45) is -3.50. The van der Waals surface area contributed by atoms with Gasteiger partial charge in [-0.15, -0.1) is 0 Å². The zero-order valence-electron chi connectivity index (χ0n) is 13.3. The molecule has 0 radical (unpaired) electrons. The van der Waals surface area contributed by atoms with Crippen LogP contribution < -0.4 is 10.0 Å². The van der Waals surface area contributed by atoms with E-state index in [1.165, 1.54) is 30.3 Å². The first kappa shape index (κ1) is 18.8. The first-order valence-corrected chi connectivity index (χ1v) is 8.92. The molecule has 0 bridgehead atoms. The van der Waals surface area contributed by atoms with Crippen LogP contribution in [0.15, 0.2) is 42.5 Å². The molecule has 134 valence electrons. The van der Waals surface area contributed by atoms with Crippen molar-refractivity contribution in [2.45, 2.75) is 13.1 Å². The Balaban J connectivity index is 2.20. The van der Waals surface area contributed by atoms with E-state index in [2.05, 4.69) is 10.0 Å². The summed E-state index contributed by atoms with van der Waals surface area (Å²) in [4.78, 5) is 12.2. The number of carbonyl (C=O) groups excluding carboxylic acids is 1. The number of rotatable bonds is 4. The fraction of sp³-hybridized carbons (Fsp3) is 0.188. The van der Waals surface area contributed by atoms with Crippen molar-refractivity contribution in [3.05, 3.63) is 59.2 Å². The van der Waals surface area contributed by atoms with Gasteiger partial charge in [0, 0.05) is 11.3 Å². The molecule has 0 unspecified atom stereocenters. The molecule has 2 N–H and O–H groups in total. The number of carbonyl (C=O) groups is 1. The van der Waals surface area contributed by atoms with E-state index in [0.717, 1.165) is 18.4 Å². The lowest BCUT2D eigenvalue weighted by Gasteiger charge is -2.11. The Hall–Kier alpha value is -2.55. The Kier molecular flexibility index (Phi) is 5.07. The zero-order chi connectivity index (χ0) is 18.8. The van der Waals surface area contributed by atoms with E-state index in [4.69, 9.17) is 0 Å². The lowest BCUT2D eigenvalue weighted by Crippen LogP contribution is -2.14. The lowest BCUT2D eigenvalue weighted by atomic mass is 10.1. The third-order valence-electron chi connectivity index (χ3n) is 3.23. The number of sulfonamides is 1. The van der Waals surface area contributed by atoms with E-state index in [-0.39, 0.29) is 11.3 Å². The Bertz CT molecular complexity index is 909. The summed E-state index contributed by atoms with van der Waals surface area (Å²) in [7, 11) is -3.46. The maximum atomic E-state index is 12.7. The summed E-state index contributed by atoms with van der Waals surface area (Å²) in [5.41, 5.74) is 0.152.